The molecule has 3 aliphatic rings. The highest BCUT2D eigenvalue weighted by atomic mass is 19.3. The van der Waals surface area contributed by atoms with Gasteiger partial charge in [0.15, 0.2) is 11.6 Å². The number of likely N-dealkylation sites (tertiary alicyclic amines) is 1. The van der Waals surface area contributed by atoms with Gasteiger partial charge in [-0.3, -0.25) is 9.58 Å². The first kappa shape index (κ1) is 21.6. The zero-order chi connectivity index (χ0) is 22.6. The molecular formula is C23H31F2N5O2. The molecule has 5 rings (SSSR count). The van der Waals surface area contributed by atoms with Gasteiger partial charge in [0.1, 0.15) is 0 Å². The number of alkyl halides is 2. The predicted molar refractivity (Wildman–Crippen MR) is 117 cm³/mol. The molecule has 0 bridgehead atoms. The molecule has 9 heteroatoms. The minimum Gasteiger partial charge on any atom is -0.431 e. The highest BCUT2D eigenvalue weighted by Gasteiger charge is 2.59. The molecule has 0 amide bonds. The second-order valence-electron chi connectivity index (χ2n) is 9.60. The van der Waals surface area contributed by atoms with Gasteiger partial charge >= 0.3 is 6.61 Å². The number of aromatic nitrogens is 3. The summed E-state index contributed by atoms with van der Waals surface area (Å²) >= 11 is 0. The van der Waals surface area contributed by atoms with Gasteiger partial charge in [-0.1, -0.05) is 0 Å². The number of pyridine rings is 1. The maximum Gasteiger partial charge on any atom is 0.387 e. The Labute approximate surface area is 186 Å². The number of methoxy groups -OCH3 is 1. The number of hydrogen-bond acceptors (Lipinski definition) is 6. The van der Waals surface area contributed by atoms with E-state index in [0.717, 1.165) is 19.5 Å². The molecule has 0 radical (unpaired) electrons. The summed E-state index contributed by atoms with van der Waals surface area (Å²) in [5, 5.41) is 4.80. The average molecular weight is 448 g/mol. The van der Waals surface area contributed by atoms with E-state index >= 15 is 0 Å². The number of halogens is 2. The highest BCUT2D eigenvalue weighted by molar-refractivity contribution is 5.64. The van der Waals surface area contributed by atoms with E-state index in [9.17, 15) is 8.78 Å². The Morgan fingerprint density at radius 3 is 2.56 bits per heavy atom. The number of fused-ring (bicyclic) bond motifs is 1. The van der Waals surface area contributed by atoms with E-state index in [4.69, 9.17) is 15.6 Å². The Balaban J connectivity index is 1.34. The molecule has 174 valence electrons. The van der Waals surface area contributed by atoms with Crippen LogP contribution in [0, 0.1) is 11.8 Å². The van der Waals surface area contributed by atoms with Gasteiger partial charge in [-0.2, -0.15) is 13.9 Å². The van der Waals surface area contributed by atoms with E-state index < -0.39 is 6.61 Å². The van der Waals surface area contributed by atoms with Crippen molar-refractivity contribution < 1.29 is 18.3 Å². The second-order valence-corrected chi connectivity index (χ2v) is 9.60. The third-order valence-corrected chi connectivity index (χ3v) is 7.44. The topological polar surface area (TPSA) is 78.4 Å². The summed E-state index contributed by atoms with van der Waals surface area (Å²) in [6, 6.07) is 4.45. The van der Waals surface area contributed by atoms with Crippen LogP contribution >= 0.6 is 0 Å². The molecule has 2 aliphatic carbocycles. The van der Waals surface area contributed by atoms with Gasteiger partial charge in [0, 0.05) is 55.7 Å². The third kappa shape index (κ3) is 3.85. The summed E-state index contributed by atoms with van der Waals surface area (Å²) in [4.78, 5) is 6.64. The number of anilines is 1. The van der Waals surface area contributed by atoms with Gasteiger partial charge in [0.25, 0.3) is 0 Å². The molecule has 1 saturated heterocycles. The van der Waals surface area contributed by atoms with Crippen LogP contribution in [0.15, 0.2) is 18.3 Å². The van der Waals surface area contributed by atoms with Gasteiger partial charge in [0.2, 0.25) is 0 Å². The Hall–Kier alpha value is -2.26. The summed E-state index contributed by atoms with van der Waals surface area (Å²) in [6.45, 7) is 3.46. The molecule has 2 aromatic rings. The van der Waals surface area contributed by atoms with E-state index in [2.05, 4.69) is 39.2 Å². The fraction of sp³-hybridized carbons (Fsp3) is 0.652. The van der Waals surface area contributed by atoms with Crippen LogP contribution in [0.4, 0.5) is 14.6 Å². The molecule has 3 heterocycles. The first-order valence-electron chi connectivity index (χ1n) is 11.4. The lowest BCUT2D eigenvalue weighted by molar-refractivity contribution is -0.0494. The van der Waals surface area contributed by atoms with Crippen LogP contribution < -0.4 is 10.5 Å². The van der Waals surface area contributed by atoms with E-state index in [0.29, 0.717) is 41.2 Å². The van der Waals surface area contributed by atoms with Crippen molar-refractivity contribution in [1.82, 2.24) is 19.7 Å². The lowest BCUT2D eigenvalue weighted by Gasteiger charge is -2.26. The lowest BCUT2D eigenvalue weighted by Crippen LogP contribution is -2.33. The predicted octanol–water partition coefficient (Wildman–Crippen LogP) is 3.92. The zero-order valence-corrected chi connectivity index (χ0v) is 18.7. The van der Waals surface area contributed by atoms with E-state index in [1.54, 1.807) is 13.3 Å². The van der Waals surface area contributed by atoms with Crippen LogP contribution in [-0.4, -0.2) is 58.6 Å². The molecule has 2 aromatic heterocycles. The molecule has 7 nitrogen and oxygen atoms in total. The van der Waals surface area contributed by atoms with Crippen molar-refractivity contribution >= 4 is 5.82 Å². The Morgan fingerprint density at radius 2 is 1.94 bits per heavy atom. The molecule has 1 aliphatic heterocycles. The van der Waals surface area contributed by atoms with Crippen LogP contribution in [0.25, 0.3) is 11.3 Å². The number of nitrogens with zero attached hydrogens (tertiary/aromatic N) is 4. The quantitative estimate of drug-likeness (QED) is 0.693. The summed E-state index contributed by atoms with van der Waals surface area (Å²) in [6.07, 6.45) is 5.51. The van der Waals surface area contributed by atoms with Crippen molar-refractivity contribution in [3.05, 3.63) is 24.0 Å². The fourth-order valence-corrected chi connectivity index (χ4v) is 5.83. The molecule has 0 spiro atoms. The van der Waals surface area contributed by atoms with Crippen LogP contribution in [0.3, 0.4) is 0 Å². The Kier molecular flexibility index (Phi) is 5.57. The SMILES string of the molecule is CO[C@H]1CCN([C@@H]2C[C@@H]3[C@H](C2)[C@@H]3c2cc(-c3cnc(N)c(OC(F)F)c3)nn2C(C)C)C1. The Morgan fingerprint density at radius 1 is 1.19 bits per heavy atom. The number of nitrogens with two attached hydrogens (primary N) is 1. The molecular weight excluding hydrogens is 416 g/mol. The minimum atomic E-state index is -2.95. The van der Waals surface area contributed by atoms with E-state index in [1.165, 1.54) is 24.6 Å². The van der Waals surface area contributed by atoms with E-state index in [1.807, 2.05) is 0 Å². The average Bonchev–Trinajstić information content (AvgIpc) is 3.23. The summed E-state index contributed by atoms with van der Waals surface area (Å²) < 4.78 is 37.5. The van der Waals surface area contributed by atoms with Crippen molar-refractivity contribution in [1.29, 1.82) is 0 Å². The number of nitrogen functional groups attached to an aromatic ring is 1. The largest absolute Gasteiger partial charge is 0.431 e. The van der Waals surface area contributed by atoms with Gasteiger partial charge in [-0.15, -0.1) is 0 Å². The highest BCUT2D eigenvalue weighted by Crippen LogP contribution is 2.64. The van der Waals surface area contributed by atoms with Crippen LogP contribution in [-0.2, 0) is 4.74 Å². The number of ether oxygens (including phenoxy) is 2. The first-order valence-corrected chi connectivity index (χ1v) is 11.4. The molecule has 3 fully saturated rings. The molecule has 0 aromatic carbocycles. The second kappa shape index (κ2) is 8.26. The molecule has 32 heavy (non-hydrogen) atoms. The lowest BCUT2D eigenvalue weighted by atomic mass is 10.0. The molecule has 0 unspecified atom stereocenters. The van der Waals surface area contributed by atoms with Crippen molar-refractivity contribution in [2.24, 2.45) is 11.8 Å². The van der Waals surface area contributed by atoms with Crippen molar-refractivity contribution in [2.75, 3.05) is 25.9 Å². The standard InChI is InChI=1S/C23H31F2N5O2/c1-12(2)30-19(9-18(28-30)13-6-20(32-23(24)25)22(26)27-10-13)21-16-7-14(8-17(16)21)29-5-4-15(11-29)31-3/h6,9-10,12,14-17,21,23H,4-5,7-8,11H2,1-3H3,(H2,26,27)/t14-,15-,16-,17+,21-/m0/s1. The van der Waals surface area contributed by atoms with Gasteiger partial charge in [0.05, 0.1) is 11.8 Å². The van der Waals surface area contributed by atoms with Gasteiger partial charge in [-0.25, -0.2) is 4.98 Å². The van der Waals surface area contributed by atoms with Gasteiger partial charge < -0.3 is 15.2 Å². The van der Waals surface area contributed by atoms with Crippen molar-refractivity contribution in [3.63, 3.8) is 0 Å². The summed E-state index contributed by atoms with van der Waals surface area (Å²) in [5.74, 6) is 1.70. The van der Waals surface area contributed by atoms with Crippen molar-refractivity contribution in [3.8, 4) is 17.0 Å². The summed E-state index contributed by atoms with van der Waals surface area (Å²) in [7, 11) is 1.81. The van der Waals surface area contributed by atoms with Crippen LogP contribution in [0.5, 0.6) is 5.75 Å². The fourth-order valence-electron chi connectivity index (χ4n) is 5.83. The maximum absolute atomic E-state index is 12.7. The monoisotopic (exact) mass is 447 g/mol. The molecule has 2 saturated carbocycles. The summed E-state index contributed by atoms with van der Waals surface area (Å²) in [5.41, 5.74) is 8.26. The van der Waals surface area contributed by atoms with Crippen LogP contribution in [0.2, 0.25) is 0 Å². The van der Waals surface area contributed by atoms with E-state index in [-0.39, 0.29) is 17.6 Å². The number of rotatable bonds is 7. The maximum atomic E-state index is 12.7. The van der Waals surface area contributed by atoms with Crippen molar-refractivity contribution in [2.45, 2.75) is 63.8 Å². The van der Waals surface area contributed by atoms with Crippen LogP contribution in [0.1, 0.15) is 50.8 Å². The minimum absolute atomic E-state index is 0.0574. The molecule has 2 N–H and O–H groups in total. The smallest absolute Gasteiger partial charge is 0.387 e. The number of hydrogen-bond donors (Lipinski definition) is 1. The zero-order valence-electron chi connectivity index (χ0n) is 18.7. The molecule has 5 atom stereocenters. The normalized spacial score (nSPS) is 29.8. The first-order chi connectivity index (χ1) is 15.4. The Bertz CT molecular complexity index is 969. The van der Waals surface area contributed by atoms with Gasteiger partial charge in [-0.05, 0) is 57.1 Å². The third-order valence-electron chi connectivity index (χ3n) is 7.44.